The highest BCUT2D eigenvalue weighted by atomic mass is 16.5. The number of ether oxygens (including phenoxy) is 2. The van der Waals surface area contributed by atoms with Gasteiger partial charge in [0.2, 0.25) is 0 Å². The number of para-hydroxylation sites is 1. The quantitative estimate of drug-likeness (QED) is 0.775. The Morgan fingerprint density at radius 3 is 2.21 bits per heavy atom. The summed E-state index contributed by atoms with van der Waals surface area (Å²) in [5.41, 5.74) is 6.67. The molecule has 100 valence electrons. The van der Waals surface area contributed by atoms with Crippen LogP contribution in [0.2, 0.25) is 0 Å². The summed E-state index contributed by atoms with van der Waals surface area (Å²) in [4.78, 5) is 0. The predicted octanol–water partition coefficient (Wildman–Crippen LogP) is 2.99. The van der Waals surface area contributed by atoms with Gasteiger partial charge in [-0.2, -0.15) is 0 Å². The predicted molar refractivity (Wildman–Crippen MR) is 76.4 cm³/mol. The van der Waals surface area contributed by atoms with Crippen molar-refractivity contribution in [3.8, 4) is 11.5 Å². The van der Waals surface area contributed by atoms with Gasteiger partial charge in [0, 0.05) is 13.0 Å². The molecule has 0 aliphatic heterocycles. The van der Waals surface area contributed by atoms with Gasteiger partial charge in [0.15, 0.2) is 0 Å². The molecule has 3 heteroatoms. The van der Waals surface area contributed by atoms with Crippen LogP contribution in [0.3, 0.4) is 0 Å². The molecule has 0 saturated carbocycles. The second-order valence-corrected chi connectivity index (χ2v) is 4.22. The maximum atomic E-state index is 5.65. The maximum Gasteiger partial charge on any atom is 0.119 e. The minimum absolute atomic E-state index is 0.536. The summed E-state index contributed by atoms with van der Waals surface area (Å²) < 4.78 is 11.2. The molecule has 2 aromatic carbocycles. The van der Waals surface area contributed by atoms with Crippen LogP contribution in [0, 0.1) is 0 Å². The molecule has 0 amide bonds. The number of rotatable bonds is 7. The molecule has 0 spiro atoms. The number of hydrogen-bond donors (Lipinski definition) is 1. The van der Waals surface area contributed by atoms with E-state index in [0.717, 1.165) is 23.5 Å². The summed E-state index contributed by atoms with van der Waals surface area (Å²) >= 11 is 0. The van der Waals surface area contributed by atoms with Crippen LogP contribution in [0.15, 0.2) is 54.6 Å². The first kappa shape index (κ1) is 13.4. The number of benzene rings is 2. The van der Waals surface area contributed by atoms with E-state index in [4.69, 9.17) is 15.2 Å². The molecule has 0 heterocycles. The minimum Gasteiger partial charge on any atom is -0.493 e. The number of hydrogen-bond acceptors (Lipinski definition) is 3. The summed E-state index contributed by atoms with van der Waals surface area (Å²) in [6.07, 6.45) is 0.849. The fraction of sp³-hybridized carbons (Fsp3) is 0.250. The zero-order valence-corrected chi connectivity index (χ0v) is 10.9. The Bertz CT molecular complexity index is 485. The van der Waals surface area contributed by atoms with E-state index in [2.05, 4.69) is 0 Å². The fourth-order valence-electron chi connectivity index (χ4n) is 1.72. The van der Waals surface area contributed by atoms with Crippen molar-refractivity contribution in [3.63, 3.8) is 0 Å². The monoisotopic (exact) mass is 257 g/mol. The third-order valence-corrected chi connectivity index (χ3v) is 2.70. The van der Waals surface area contributed by atoms with Gasteiger partial charge in [-0.1, -0.05) is 30.3 Å². The summed E-state index contributed by atoms with van der Waals surface area (Å²) in [7, 11) is 0. The summed E-state index contributed by atoms with van der Waals surface area (Å²) in [6, 6.07) is 17.7. The maximum absolute atomic E-state index is 5.65. The van der Waals surface area contributed by atoms with Crippen molar-refractivity contribution in [1.82, 2.24) is 0 Å². The van der Waals surface area contributed by atoms with Crippen molar-refractivity contribution in [2.75, 3.05) is 13.2 Å². The Morgan fingerprint density at radius 2 is 1.47 bits per heavy atom. The van der Waals surface area contributed by atoms with Crippen LogP contribution in [0.5, 0.6) is 11.5 Å². The Morgan fingerprint density at radius 1 is 0.789 bits per heavy atom. The molecule has 2 rings (SSSR count). The highest BCUT2D eigenvalue weighted by Gasteiger charge is 1.96. The second-order valence-electron chi connectivity index (χ2n) is 4.22. The lowest BCUT2D eigenvalue weighted by atomic mass is 10.2. The van der Waals surface area contributed by atoms with Gasteiger partial charge < -0.3 is 15.2 Å². The van der Waals surface area contributed by atoms with Crippen LogP contribution in [-0.4, -0.2) is 13.2 Å². The van der Waals surface area contributed by atoms with Gasteiger partial charge in [-0.15, -0.1) is 0 Å². The molecule has 0 aliphatic carbocycles. The normalized spacial score (nSPS) is 10.2. The zero-order valence-electron chi connectivity index (χ0n) is 10.9. The molecule has 0 saturated heterocycles. The molecule has 2 aromatic rings. The Kier molecular flexibility index (Phi) is 5.26. The average Bonchev–Trinajstić information content (AvgIpc) is 2.48. The molecule has 0 unspecified atom stereocenters. The Hall–Kier alpha value is -2.00. The van der Waals surface area contributed by atoms with Crippen LogP contribution < -0.4 is 15.2 Å². The summed E-state index contributed by atoms with van der Waals surface area (Å²) in [5.74, 6) is 1.76. The third kappa shape index (κ3) is 4.64. The highest BCUT2D eigenvalue weighted by molar-refractivity contribution is 5.28. The second kappa shape index (κ2) is 7.44. The van der Waals surface area contributed by atoms with E-state index >= 15 is 0 Å². The van der Waals surface area contributed by atoms with E-state index in [1.807, 2.05) is 54.6 Å². The molecule has 0 aromatic heterocycles. The van der Waals surface area contributed by atoms with Crippen molar-refractivity contribution >= 4 is 0 Å². The average molecular weight is 257 g/mol. The Balaban J connectivity index is 1.66. The van der Waals surface area contributed by atoms with Gasteiger partial charge in [0.25, 0.3) is 0 Å². The lowest BCUT2D eigenvalue weighted by Crippen LogP contribution is -2.05. The van der Waals surface area contributed by atoms with E-state index in [9.17, 15) is 0 Å². The van der Waals surface area contributed by atoms with E-state index < -0.39 is 0 Å². The van der Waals surface area contributed by atoms with E-state index in [1.165, 1.54) is 0 Å². The number of nitrogens with two attached hydrogens (primary N) is 1. The smallest absolute Gasteiger partial charge is 0.119 e. The Labute approximate surface area is 114 Å². The first-order chi connectivity index (χ1) is 9.38. The largest absolute Gasteiger partial charge is 0.493 e. The molecule has 2 N–H and O–H groups in total. The SMILES string of the molecule is NCc1cccc(OCCCOc2ccccc2)c1. The summed E-state index contributed by atoms with van der Waals surface area (Å²) in [6.45, 7) is 1.83. The zero-order chi connectivity index (χ0) is 13.3. The van der Waals surface area contributed by atoms with Crippen molar-refractivity contribution in [3.05, 3.63) is 60.2 Å². The topological polar surface area (TPSA) is 44.5 Å². The molecule has 0 aliphatic rings. The van der Waals surface area contributed by atoms with Crippen molar-refractivity contribution < 1.29 is 9.47 Å². The molecule has 0 atom stereocenters. The highest BCUT2D eigenvalue weighted by Crippen LogP contribution is 2.13. The molecule has 3 nitrogen and oxygen atoms in total. The van der Waals surface area contributed by atoms with Crippen molar-refractivity contribution in [2.24, 2.45) is 5.73 Å². The fourth-order valence-corrected chi connectivity index (χ4v) is 1.72. The van der Waals surface area contributed by atoms with Gasteiger partial charge in [-0.05, 0) is 29.8 Å². The molecular formula is C16H19NO2. The molecule has 0 fully saturated rings. The molecular weight excluding hydrogens is 238 g/mol. The standard InChI is InChI=1S/C16H19NO2/c17-13-14-6-4-9-16(12-14)19-11-5-10-18-15-7-2-1-3-8-15/h1-4,6-9,12H,5,10-11,13,17H2. The third-order valence-electron chi connectivity index (χ3n) is 2.70. The van der Waals surface area contributed by atoms with Gasteiger partial charge >= 0.3 is 0 Å². The van der Waals surface area contributed by atoms with E-state index in [0.29, 0.717) is 19.8 Å². The first-order valence-electron chi connectivity index (χ1n) is 6.48. The van der Waals surface area contributed by atoms with Gasteiger partial charge in [0.05, 0.1) is 13.2 Å². The lowest BCUT2D eigenvalue weighted by Gasteiger charge is -2.08. The lowest BCUT2D eigenvalue weighted by molar-refractivity contribution is 0.247. The molecule has 19 heavy (non-hydrogen) atoms. The van der Waals surface area contributed by atoms with Crippen LogP contribution in [0.1, 0.15) is 12.0 Å². The van der Waals surface area contributed by atoms with Crippen molar-refractivity contribution in [1.29, 1.82) is 0 Å². The van der Waals surface area contributed by atoms with Crippen LogP contribution in [-0.2, 0) is 6.54 Å². The van der Waals surface area contributed by atoms with Gasteiger partial charge in [0.1, 0.15) is 11.5 Å². The van der Waals surface area contributed by atoms with Crippen molar-refractivity contribution in [2.45, 2.75) is 13.0 Å². The van der Waals surface area contributed by atoms with E-state index in [1.54, 1.807) is 0 Å². The minimum atomic E-state index is 0.536. The van der Waals surface area contributed by atoms with Crippen LogP contribution in [0.25, 0.3) is 0 Å². The van der Waals surface area contributed by atoms with Crippen LogP contribution >= 0.6 is 0 Å². The molecule has 0 radical (unpaired) electrons. The van der Waals surface area contributed by atoms with Crippen LogP contribution in [0.4, 0.5) is 0 Å². The summed E-state index contributed by atoms with van der Waals surface area (Å²) in [5, 5.41) is 0. The molecule has 0 bridgehead atoms. The van der Waals surface area contributed by atoms with E-state index in [-0.39, 0.29) is 0 Å². The first-order valence-corrected chi connectivity index (χ1v) is 6.48. The van der Waals surface area contributed by atoms with Gasteiger partial charge in [-0.3, -0.25) is 0 Å². The van der Waals surface area contributed by atoms with Gasteiger partial charge in [-0.25, -0.2) is 0 Å².